The molecule has 3 heterocycles. The van der Waals surface area contributed by atoms with Gasteiger partial charge in [-0.15, -0.1) is 11.3 Å². The van der Waals surface area contributed by atoms with Crippen molar-refractivity contribution in [3.8, 4) is 5.75 Å². The van der Waals surface area contributed by atoms with Crippen LogP contribution < -0.4 is 9.64 Å². The molecule has 1 amide bonds. The smallest absolute Gasteiger partial charge is 0.255 e. The minimum atomic E-state index is -3.53. The lowest BCUT2D eigenvalue weighted by Crippen LogP contribution is -2.47. The van der Waals surface area contributed by atoms with E-state index in [2.05, 4.69) is 21.9 Å². The van der Waals surface area contributed by atoms with Gasteiger partial charge < -0.3 is 14.5 Å². The zero-order chi connectivity index (χ0) is 29.4. The molecule has 0 bridgehead atoms. The minimum absolute atomic E-state index is 0.0431. The number of piperazine rings is 1. The van der Waals surface area contributed by atoms with Gasteiger partial charge >= 0.3 is 0 Å². The van der Waals surface area contributed by atoms with E-state index in [1.807, 2.05) is 36.1 Å². The average molecular weight is 609 g/mol. The molecule has 0 unspecified atom stereocenters. The lowest BCUT2D eigenvalue weighted by Gasteiger charge is -2.37. The van der Waals surface area contributed by atoms with Crippen LogP contribution in [-0.4, -0.2) is 81.4 Å². The summed E-state index contributed by atoms with van der Waals surface area (Å²) in [6, 6.07) is 16.2. The van der Waals surface area contributed by atoms with Crippen molar-refractivity contribution in [1.82, 2.24) is 14.1 Å². The lowest BCUT2D eigenvalue weighted by atomic mass is 9.98. The summed E-state index contributed by atoms with van der Waals surface area (Å²) in [5.41, 5.74) is 5.11. The van der Waals surface area contributed by atoms with Crippen LogP contribution in [0.25, 0.3) is 0 Å². The van der Waals surface area contributed by atoms with Crippen LogP contribution in [0.4, 0.5) is 5.69 Å². The van der Waals surface area contributed by atoms with Gasteiger partial charge in [-0.2, -0.15) is 0 Å². The maximum Gasteiger partial charge on any atom is 0.255 e. The number of hydrogen-bond donors (Lipinski definition) is 0. The first-order valence-corrected chi connectivity index (χ1v) is 17.2. The van der Waals surface area contributed by atoms with Crippen LogP contribution in [0.2, 0.25) is 0 Å². The van der Waals surface area contributed by atoms with Gasteiger partial charge in [-0.25, -0.2) is 12.7 Å². The zero-order valence-corrected chi connectivity index (χ0v) is 26.3. The molecule has 1 atom stereocenters. The molecule has 1 aromatic heterocycles. The highest BCUT2D eigenvalue weighted by Crippen LogP contribution is 2.40. The SMILES string of the molecule is COc1ccc([C@@H](CCCN(C)S(=O)(=O)c2cccs2)N2Cc3c(cccc3N3CCN(C4CC4)CC3)C2=O)cc1C. The number of carbonyl (C=O) groups is 1. The van der Waals surface area contributed by atoms with Crippen molar-refractivity contribution in [2.45, 2.75) is 55.4 Å². The number of sulfonamides is 1. The Morgan fingerprint density at radius 2 is 1.86 bits per heavy atom. The van der Waals surface area contributed by atoms with Gasteiger partial charge in [-0.1, -0.05) is 24.3 Å². The number of carbonyl (C=O) groups excluding carboxylic acids is 1. The molecular formula is C32H40N4O4S2. The number of methoxy groups -OCH3 is 1. The maximum atomic E-state index is 14.0. The van der Waals surface area contributed by atoms with E-state index in [4.69, 9.17) is 4.74 Å². The highest BCUT2D eigenvalue weighted by molar-refractivity contribution is 7.91. The molecule has 224 valence electrons. The van der Waals surface area contributed by atoms with Crippen molar-refractivity contribution in [2.24, 2.45) is 0 Å². The number of anilines is 1. The molecule has 42 heavy (non-hydrogen) atoms. The Kier molecular flexibility index (Phi) is 8.33. The van der Waals surface area contributed by atoms with Crippen molar-refractivity contribution in [2.75, 3.05) is 51.8 Å². The summed E-state index contributed by atoms with van der Waals surface area (Å²) in [6.45, 7) is 7.04. The quantitative estimate of drug-likeness (QED) is 0.300. The van der Waals surface area contributed by atoms with Gasteiger partial charge in [0, 0.05) is 69.2 Å². The van der Waals surface area contributed by atoms with E-state index in [9.17, 15) is 13.2 Å². The second-order valence-electron chi connectivity index (χ2n) is 11.6. The Bertz CT molecular complexity index is 1530. The van der Waals surface area contributed by atoms with Gasteiger partial charge in [0.05, 0.1) is 13.2 Å². The summed E-state index contributed by atoms with van der Waals surface area (Å²) < 4.78 is 33.3. The second kappa shape index (κ2) is 12.0. The molecule has 2 aliphatic heterocycles. The Hall–Kier alpha value is -2.92. The summed E-state index contributed by atoms with van der Waals surface area (Å²) in [6.07, 6.45) is 3.91. The zero-order valence-electron chi connectivity index (χ0n) is 24.7. The number of benzene rings is 2. The van der Waals surface area contributed by atoms with Crippen LogP contribution in [0.1, 0.15) is 58.8 Å². The first-order valence-electron chi connectivity index (χ1n) is 14.8. The highest BCUT2D eigenvalue weighted by atomic mass is 32.2. The van der Waals surface area contributed by atoms with Crippen molar-refractivity contribution in [3.63, 3.8) is 0 Å². The van der Waals surface area contributed by atoms with E-state index in [1.165, 1.54) is 34.2 Å². The number of aryl methyl sites for hydroxylation is 1. The fourth-order valence-electron chi connectivity index (χ4n) is 6.46. The van der Waals surface area contributed by atoms with Gasteiger partial charge in [0.15, 0.2) is 0 Å². The normalized spacial score (nSPS) is 18.5. The number of thiophene rings is 1. The first kappa shape index (κ1) is 29.2. The molecule has 3 aromatic rings. The molecule has 1 aliphatic carbocycles. The Balaban J connectivity index is 1.23. The molecular weight excluding hydrogens is 569 g/mol. The Morgan fingerprint density at radius 3 is 2.52 bits per heavy atom. The molecule has 0 spiro atoms. The molecule has 6 rings (SSSR count). The van der Waals surface area contributed by atoms with Crippen LogP contribution in [0, 0.1) is 6.92 Å². The third kappa shape index (κ3) is 5.69. The number of nitrogens with zero attached hydrogens (tertiary/aromatic N) is 4. The average Bonchev–Trinajstić information content (AvgIpc) is 3.58. The summed E-state index contributed by atoms with van der Waals surface area (Å²) >= 11 is 1.23. The molecule has 10 heteroatoms. The van der Waals surface area contributed by atoms with Crippen molar-refractivity contribution in [3.05, 3.63) is 76.2 Å². The Morgan fingerprint density at radius 1 is 1.07 bits per heavy atom. The van der Waals surface area contributed by atoms with Crippen LogP contribution >= 0.6 is 11.3 Å². The molecule has 2 fully saturated rings. The minimum Gasteiger partial charge on any atom is -0.496 e. The van der Waals surface area contributed by atoms with Gasteiger partial charge in [0.2, 0.25) is 0 Å². The summed E-state index contributed by atoms with van der Waals surface area (Å²) in [7, 11) is -0.230. The largest absolute Gasteiger partial charge is 0.496 e. The summed E-state index contributed by atoms with van der Waals surface area (Å²) in [5.74, 6) is 0.851. The molecule has 3 aliphatic rings. The third-order valence-corrected chi connectivity index (χ3v) is 12.2. The topological polar surface area (TPSA) is 73.4 Å². The molecule has 1 saturated heterocycles. The second-order valence-corrected chi connectivity index (χ2v) is 14.9. The predicted molar refractivity (Wildman–Crippen MR) is 167 cm³/mol. The fraction of sp³-hybridized carbons (Fsp3) is 0.469. The van der Waals surface area contributed by atoms with E-state index in [1.54, 1.807) is 31.7 Å². The molecule has 1 saturated carbocycles. The fourth-order valence-corrected chi connectivity index (χ4v) is 8.87. The highest BCUT2D eigenvalue weighted by Gasteiger charge is 2.37. The van der Waals surface area contributed by atoms with Crippen LogP contribution in [0.3, 0.4) is 0 Å². The standard InChI is InChI=1S/C32H40N4O4S2/c1-23-21-24(11-14-30(23)40-3)28(9-5-15-33(2)42(38,39)31-10-6-20-41-31)36-22-27-26(32(36)37)7-4-8-29(27)35-18-16-34(17-19-35)25-12-13-25/h4,6-8,10-11,14,20-21,25,28H,5,9,12-13,15-19,22H2,1-3H3/t28-/m1/s1. The van der Waals surface area contributed by atoms with Crippen LogP contribution in [0.5, 0.6) is 5.75 Å². The summed E-state index contributed by atoms with van der Waals surface area (Å²) in [5, 5.41) is 1.78. The van der Waals surface area contributed by atoms with E-state index < -0.39 is 10.0 Å². The third-order valence-electron chi connectivity index (χ3n) is 8.98. The van der Waals surface area contributed by atoms with Gasteiger partial charge in [0.25, 0.3) is 15.9 Å². The molecule has 0 radical (unpaired) electrons. The maximum absolute atomic E-state index is 14.0. The van der Waals surface area contributed by atoms with E-state index in [0.717, 1.165) is 60.2 Å². The first-order chi connectivity index (χ1) is 20.3. The van der Waals surface area contributed by atoms with E-state index in [0.29, 0.717) is 30.1 Å². The Labute approximate surface area is 253 Å². The van der Waals surface area contributed by atoms with E-state index in [-0.39, 0.29) is 11.9 Å². The number of ether oxygens (including phenoxy) is 1. The molecule has 8 nitrogen and oxygen atoms in total. The van der Waals surface area contributed by atoms with E-state index >= 15 is 0 Å². The predicted octanol–water partition coefficient (Wildman–Crippen LogP) is 5.15. The van der Waals surface area contributed by atoms with Gasteiger partial charge in [-0.05, 0) is 73.4 Å². The van der Waals surface area contributed by atoms with Gasteiger partial charge in [0.1, 0.15) is 9.96 Å². The lowest BCUT2D eigenvalue weighted by molar-refractivity contribution is 0.0688. The number of hydrogen-bond acceptors (Lipinski definition) is 7. The number of fused-ring (bicyclic) bond motifs is 1. The number of rotatable bonds is 11. The van der Waals surface area contributed by atoms with Gasteiger partial charge in [-0.3, -0.25) is 9.69 Å². The summed E-state index contributed by atoms with van der Waals surface area (Å²) in [4.78, 5) is 21.0. The van der Waals surface area contributed by atoms with Crippen LogP contribution in [0.15, 0.2) is 58.1 Å². The molecule has 0 N–H and O–H groups in total. The monoisotopic (exact) mass is 608 g/mol. The van der Waals surface area contributed by atoms with Crippen molar-refractivity contribution in [1.29, 1.82) is 0 Å². The number of amides is 1. The van der Waals surface area contributed by atoms with Crippen molar-refractivity contribution < 1.29 is 17.9 Å². The van der Waals surface area contributed by atoms with Crippen LogP contribution in [-0.2, 0) is 16.6 Å². The molecule has 2 aromatic carbocycles. The van der Waals surface area contributed by atoms with Crippen molar-refractivity contribution >= 4 is 33.0 Å².